The van der Waals surface area contributed by atoms with E-state index in [9.17, 15) is 9.18 Å². The van der Waals surface area contributed by atoms with Gasteiger partial charge in [0, 0.05) is 38.9 Å². The molecule has 0 radical (unpaired) electrons. The normalized spacial score (nSPS) is 18.0. The molecule has 7 heteroatoms. The Hall–Kier alpha value is -2.93. The number of pyridine rings is 1. The van der Waals surface area contributed by atoms with Gasteiger partial charge in [-0.15, -0.1) is 0 Å². The summed E-state index contributed by atoms with van der Waals surface area (Å²) in [6.45, 7) is 4.20. The molecule has 0 N–H and O–H groups in total. The summed E-state index contributed by atoms with van der Waals surface area (Å²) in [5.41, 5.74) is 1.50. The summed E-state index contributed by atoms with van der Waals surface area (Å²) in [6, 6.07) is 11.9. The lowest BCUT2D eigenvalue weighted by molar-refractivity contribution is 0.0965. The predicted octanol–water partition coefficient (Wildman–Crippen LogP) is 3.48. The number of aromatic nitrogens is 2. The summed E-state index contributed by atoms with van der Waals surface area (Å²) in [7, 11) is 0. The van der Waals surface area contributed by atoms with E-state index in [1.165, 1.54) is 12.1 Å². The molecule has 3 aromatic rings. The summed E-state index contributed by atoms with van der Waals surface area (Å²) in [5.74, 6) is 1.29. The highest BCUT2D eigenvalue weighted by molar-refractivity contribution is 5.54. The predicted molar refractivity (Wildman–Crippen MR) is 118 cm³/mol. The molecular weight excluding hydrogens is 395 g/mol. The average molecular weight is 423 g/mol. The van der Waals surface area contributed by atoms with Gasteiger partial charge in [-0.2, -0.15) is 0 Å². The molecule has 2 aliphatic heterocycles. The number of hydrogen-bond acceptors (Lipinski definition) is 5. The van der Waals surface area contributed by atoms with Crippen LogP contribution in [0.2, 0.25) is 0 Å². The summed E-state index contributed by atoms with van der Waals surface area (Å²) < 4.78 is 20.8. The van der Waals surface area contributed by atoms with Crippen molar-refractivity contribution in [1.29, 1.82) is 0 Å². The third kappa shape index (κ3) is 4.28. The largest absolute Gasteiger partial charge is 0.490 e. The second-order valence-electron chi connectivity index (χ2n) is 8.39. The molecule has 31 heavy (non-hydrogen) atoms. The van der Waals surface area contributed by atoms with E-state index in [4.69, 9.17) is 9.72 Å². The molecule has 0 atom stereocenters. The quantitative estimate of drug-likeness (QED) is 0.630. The first-order valence-corrected chi connectivity index (χ1v) is 11.1. The van der Waals surface area contributed by atoms with Gasteiger partial charge in [-0.05, 0) is 62.1 Å². The summed E-state index contributed by atoms with van der Waals surface area (Å²) in [6.07, 6.45) is 5.93. The van der Waals surface area contributed by atoms with E-state index in [2.05, 4.69) is 9.80 Å². The van der Waals surface area contributed by atoms with Crippen LogP contribution in [0.5, 0.6) is 5.75 Å². The smallest absolute Gasteiger partial charge is 0.264 e. The molecule has 2 saturated heterocycles. The molecule has 0 aliphatic carbocycles. The van der Waals surface area contributed by atoms with Crippen molar-refractivity contribution in [2.24, 2.45) is 0 Å². The molecule has 0 amide bonds. The van der Waals surface area contributed by atoms with E-state index in [0.717, 1.165) is 63.2 Å². The van der Waals surface area contributed by atoms with E-state index in [1.807, 2.05) is 18.2 Å². The molecule has 4 heterocycles. The standard InChI is InChI=1S/C24H27FN4O2/c25-18-6-8-19(9-7-18)31-20-10-15-27(16-11-20)17-21-23(28-12-3-4-13-28)26-22-5-1-2-14-29(22)24(21)30/h1-2,5-9,14,20H,3-4,10-13,15-17H2. The van der Waals surface area contributed by atoms with Crippen LogP contribution in [0, 0.1) is 5.82 Å². The Kier molecular flexibility index (Phi) is 5.59. The van der Waals surface area contributed by atoms with Crippen LogP contribution >= 0.6 is 0 Å². The van der Waals surface area contributed by atoms with E-state index in [-0.39, 0.29) is 17.5 Å². The van der Waals surface area contributed by atoms with Crippen molar-refractivity contribution in [3.05, 3.63) is 70.4 Å². The lowest BCUT2D eigenvalue weighted by atomic mass is 10.1. The van der Waals surface area contributed by atoms with Crippen LogP contribution in [0.25, 0.3) is 5.65 Å². The van der Waals surface area contributed by atoms with Gasteiger partial charge in [-0.1, -0.05) is 6.07 Å². The van der Waals surface area contributed by atoms with Crippen LogP contribution in [-0.4, -0.2) is 46.6 Å². The number of nitrogens with zero attached hydrogens (tertiary/aromatic N) is 4. The summed E-state index contributed by atoms with van der Waals surface area (Å²) in [4.78, 5) is 22.8. The van der Waals surface area contributed by atoms with Crippen molar-refractivity contribution in [2.75, 3.05) is 31.1 Å². The lowest BCUT2D eigenvalue weighted by Crippen LogP contribution is -2.40. The topological polar surface area (TPSA) is 50.1 Å². The minimum Gasteiger partial charge on any atom is -0.490 e. The zero-order valence-corrected chi connectivity index (χ0v) is 17.5. The van der Waals surface area contributed by atoms with Gasteiger partial charge in [-0.3, -0.25) is 14.1 Å². The van der Waals surface area contributed by atoms with Crippen molar-refractivity contribution in [1.82, 2.24) is 14.3 Å². The molecule has 1 aromatic carbocycles. The average Bonchev–Trinajstić information content (AvgIpc) is 3.33. The molecule has 162 valence electrons. The summed E-state index contributed by atoms with van der Waals surface area (Å²) >= 11 is 0. The Balaban J connectivity index is 1.32. The summed E-state index contributed by atoms with van der Waals surface area (Å²) in [5, 5.41) is 0. The fourth-order valence-corrected chi connectivity index (χ4v) is 4.56. The van der Waals surface area contributed by atoms with Crippen LogP contribution in [0.1, 0.15) is 31.2 Å². The first kappa shape index (κ1) is 20.0. The minimum absolute atomic E-state index is 0.0252. The molecular formula is C24H27FN4O2. The molecule has 0 saturated carbocycles. The molecule has 5 rings (SSSR count). The van der Waals surface area contributed by atoms with Gasteiger partial charge in [0.1, 0.15) is 29.1 Å². The highest BCUT2D eigenvalue weighted by atomic mass is 19.1. The number of fused-ring (bicyclic) bond motifs is 1. The third-order valence-electron chi connectivity index (χ3n) is 6.24. The number of halogens is 1. The number of rotatable bonds is 5. The highest BCUT2D eigenvalue weighted by Crippen LogP contribution is 2.25. The fourth-order valence-electron chi connectivity index (χ4n) is 4.56. The van der Waals surface area contributed by atoms with Gasteiger partial charge < -0.3 is 9.64 Å². The second-order valence-corrected chi connectivity index (χ2v) is 8.39. The number of ether oxygens (including phenoxy) is 1. The molecule has 6 nitrogen and oxygen atoms in total. The van der Waals surface area contributed by atoms with Crippen LogP contribution in [0.3, 0.4) is 0 Å². The number of hydrogen-bond donors (Lipinski definition) is 0. The van der Waals surface area contributed by atoms with Gasteiger partial charge in [0.05, 0.1) is 5.56 Å². The fraction of sp³-hybridized carbons (Fsp3) is 0.417. The maximum atomic E-state index is 13.3. The number of likely N-dealkylation sites (tertiary alicyclic amines) is 1. The molecule has 2 aliphatic rings. The maximum absolute atomic E-state index is 13.3. The highest BCUT2D eigenvalue weighted by Gasteiger charge is 2.26. The Morgan fingerprint density at radius 1 is 1.00 bits per heavy atom. The van der Waals surface area contributed by atoms with Crippen molar-refractivity contribution >= 4 is 11.5 Å². The van der Waals surface area contributed by atoms with E-state index in [0.29, 0.717) is 17.9 Å². The van der Waals surface area contributed by atoms with Crippen LogP contribution < -0.4 is 15.2 Å². The molecule has 0 bridgehead atoms. The van der Waals surface area contributed by atoms with Gasteiger partial charge in [-0.25, -0.2) is 9.37 Å². The van der Waals surface area contributed by atoms with Crippen molar-refractivity contribution in [3.63, 3.8) is 0 Å². The van der Waals surface area contributed by atoms with E-state index in [1.54, 1.807) is 22.7 Å². The molecule has 0 spiro atoms. The number of anilines is 1. The minimum atomic E-state index is -0.258. The first-order valence-electron chi connectivity index (χ1n) is 11.1. The molecule has 0 unspecified atom stereocenters. The number of benzene rings is 1. The van der Waals surface area contributed by atoms with Crippen LogP contribution in [0.15, 0.2) is 53.5 Å². The van der Waals surface area contributed by atoms with Crippen LogP contribution in [-0.2, 0) is 6.54 Å². The van der Waals surface area contributed by atoms with E-state index >= 15 is 0 Å². The van der Waals surface area contributed by atoms with Crippen molar-refractivity contribution < 1.29 is 9.13 Å². The van der Waals surface area contributed by atoms with Crippen molar-refractivity contribution in [3.8, 4) is 5.75 Å². The van der Waals surface area contributed by atoms with Gasteiger partial charge in [0.15, 0.2) is 0 Å². The SMILES string of the molecule is O=c1c(CN2CCC(Oc3ccc(F)cc3)CC2)c(N2CCCC2)nc2ccccn12. The van der Waals surface area contributed by atoms with Crippen molar-refractivity contribution in [2.45, 2.75) is 38.3 Å². The molecule has 2 aromatic heterocycles. The lowest BCUT2D eigenvalue weighted by Gasteiger charge is -2.32. The second kappa shape index (κ2) is 8.67. The Morgan fingerprint density at radius 2 is 1.74 bits per heavy atom. The van der Waals surface area contributed by atoms with Crippen LogP contribution in [0.4, 0.5) is 10.2 Å². The Morgan fingerprint density at radius 3 is 2.48 bits per heavy atom. The Bertz CT molecular complexity index is 1100. The zero-order valence-electron chi connectivity index (χ0n) is 17.5. The molecule has 2 fully saturated rings. The first-order chi connectivity index (χ1) is 15.2. The van der Waals surface area contributed by atoms with Gasteiger partial charge in [0.25, 0.3) is 5.56 Å². The van der Waals surface area contributed by atoms with E-state index < -0.39 is 0 Å². The van der Waals surface area contributed by atoms with Gasteiger partial charge >= 0.3 is 0 Å². The monoisotopic (exact) mass is 422 g/mol. The third-order valence-corrected chi connectivity index (χ3v) is 6.24. The Labute approximate surface area is 180 Å². The number of piperidine rings is 1. The maximum Gasteiger partial charge on any atom is 0.264 e. The zero-order chi connectivity index (χ0) is 21.2. The van der Waals surface area contributed by atoms with Gasteiger partial charge in [0.2, 0.25) is 0 Å².